The summed E-state index contributed by atoms with van der Waals surface area (Å²) in [6.45, 7) is 0.525. The zero-order valence-corrected chi connectivity index (χ0v) is 16.9. The lowest BCUT2D eigenvalue weighted by Crippen LogP contribution is -2.52. The van der Waals surface area contributed by atoms with Gasteiger partial charge in [0.2, 0.25) is 0 Å². The summed E-state index contributed by atoms with van der Waals surface area (Å²) in [6, 6.07) is 11.9. The fourth-order valence-electron chi connectivity index (χ4n) is 3.04. The first kappa shape index (κ1) is 22.5. The van der Waals surface area contributed by atoms with Crippen molar-refractivity contribution in [2.45, 2.75) is 6.18 Å². The lowest BCUT2D eigenvalue weighted by Gasteiger charge is -2.36. The fourth-order valence-corrected chi connectivity index (χ4v) is 3.25. The quantitative estimate of drug-likeness (QED) is 0.551. The van der Waals surface area contributed by atoms with Crippen LogP contribution in [-0.4, -0.2) is 54.2 Å². The number of carbonyl (C=O) groups excluding carboxylic acids is 2. The molecule has 0 aliphatic carbocycles. The molecule has 1 aliphatic rings. The van der Waals surface area contributed by atoms with Crippen molar-refractivity contribution < 1.29 is 27.2 Å². The third-order valence-corrected chi connectivity index (χ3v) is 4.84. The summed E-state index contributed by atoms with van der Waals surface area (Å²) in [5.74, 6) is -2.76. The van der Waals surface area contributed by atoms with Crippen LogP contribution in [0.25, 0.3) is 0 Å². The zero-order chi connectivity index (χ0) is 22.6. The number of benzene rings is 2. The van der Waals surface area contributed by atoms with Crippen molar-refractivity contribution in [1.29, 1.82) is 0 Å². The van der Waals surface area contributed by atoms with Crippen LogP contribution >= 0.6 is 12.2 Å². The lowest BCUT2D eigenvalue weighted by atomic mass is 10.2. The normalized spacial score (nSPS) is 14.2. The smallest absolute Gasteiger partial charge is 0.368 e. The maximum absolute atomic E-state index is 12.9. The third kappa shape index (κ3) is 5.91. The number of halogens is 4. The van der Waals surface area contributed by atoms with Crippen LogP contribution in [0.5, 0.6) is 0 Å². The van der Waals surface area contributed by atoms with E-state index in [9.17, 15) is 27.2 Å². The third-order valence-electron chi connectivity index (χ3n) is 4.63. The number of rotatable bonds is 3. The Labute approximate surface area is 180 Å². The maximum Gasteiger partial charge on any atom is 0.471 e. The van der Waals surface area contributed by atoms with Crippen LogP contribution in [0.2, 0.25) is 0 Å². The molecule has 2 N–H and O–H groups in total. The fraction of sp³-hybridized carbons (Fsp3) is 0.250. The van der Waals surface area contributed by atoms with Crippen LogP contribution in [0.3, 0.4) is 0 Å². The second kappa shape index (κ2) is 9.29. The van der Waals surface area contributed by atoms with Gasteiger partial charge in [-0.3, -0.25) is 14.9 Å². The van der Waals surface area contributed by atoms with Crippen molar-refractivity contribution in [2.24, 2.45) is 0 Å². The van der Waals surface area contributed by atoms with E-state index in [1.54, 1.807) is 24.3 Å². The van der Waals surface area contributed by atoms with E-state index in [2.05, 4.69) is 10.6 Å². The Balaban J connectivity index is 1.51. The van der Waals surface area contributed by atoms with Gasteiger partial charge < -0.3 is 15.1 Å². The van der Waals surface area contributed by atoms with Crippen LogP contribution in [0.4, 0.5) is 28.9 Å². The number of amides is 2. The highest BCUT2D eigenvalue weighted by Crippen LogP contribution is 2.23. The van der Waals surface area contributed by atoms with Gasteiger partial charge >= 0.3 is 12.1 Å². The largest absolute Gasteiger partial charge is 0.471 e. The minimum Gasteiger partial charge on any atom is -0.368 e. The Morgan fingerprint density at radius 2 is 1.48 bits per heavy atom. The number of hydrogen-bond donors (Lipinski definition) is 2. The summed E-state index contributed by atoms with van der Waals surface area (Å²) >= 11 is 5.11. The highest BCUT2D eigenvalue weighted by atomic mass is 32.1. The average molecular weight is 454 g/mol. The van der Waals surface area contributed by atoms with Gasteiger partial charge in [-0.15, -0.1) is 0 Å². The Morgan fingerprint density at radius 1 is 0.903 bits per heavy atom. The van der Waals surface area contributed by atoms with Crippen molar-refractivity contribution in [1.82, 2.24) is 10.2 Å². The molecule has 11 heteroatoms. The standard InChI is InChI=1S/C20H18F4N4O2S/c21-14-3-1-13(2-4-14)17(29)26-19(31)25-15-5-7-16(8-6-15)27-9-11-28(12-10-27)18(30)20(22,23)24/h1-8H,9-12H2,(H2,25,26,29,31). The van der Waals surface area contributed by atoms with E-state index in [1.165, 1.54) is 24.3 Å². The number of piperazine rings is 1. The molecular formula is C20H18F4N4O2S. The number of thiocarbonyl (C=S) groups is 1. The van der Waals surface area contributed by atoms with E-state index >= 15 is 0 Å². The van der Waals surface area contributed by atoms with Gasteiger partial charge in [0, 0.05) is 43.1 Å². The minimum absolute atomic E-state index is 0.0160. The number of anilines is 2. The molecule has 2 aromatic carbocycles. The van der Waals surface area contributed by atoms with E-state index in [0.717, 1.165) is 10.6 Å². The van der Waals surface area contributed by atoms with E-state index in [1.807, 2.05) is 4.90 Å². The molecule has 1 fully saturated rings. The number of carbonyl (C=O) groups is 2. The number of nitrogens with zero attached hydrogens (tertiary/aromatic N) is 2. The molecule has 0 spiro atoms. The maximum atomic E-state index is 12.9. The summed E-state index contributed by atoms with van der Waals surface area (Å²) in [7, 11) is 0. The summed E-state index contributed by atoms with van der Waals surface area (Å²) < 4.78 is 50.5. The van der Waals surface area contributed by atoms with Crippen LogP contribution in [0, 0.1) is 5.82 Å². The first-order chi connectivity index (χ1) is 14.6. The average Bonchev–Trinajstić information content (AvgIpc) is 2.73. The molecule has 31 heavy (non-hydrogen) atoms. The second-order valence-electron chi connectivity index (χ2n) is 6.74. The molecule has 0 radical (unpaired) electrons. The molecule has 1 saturated heterocycles. The summed E-state index contributed by atoms with van der Waals surface area (Å²) in [5.41, 5.74) is 1.63. The van der Waals surface area contributed by atoms with Gasteiger partial charge in [-0.25, -0.2) is 4.39 Å². The first-order valence-electron chi connectivity index (χ1n) is 9.22. The Morgan fingerprint density at radius 3 is 2.03 bits per heavy atom. The van der Waals surface area contributed by atoms with Gasteiger partial charge in [0.05, 0.1) is 0 Å². The van der Waals surface area contributed by atoms with Gasteiger partial charge in [0.15, 0.2) is 5.11 Å². The number of alkyl halides is 3. The topological polar surface area (TPSA) is 64.7 Å². The van der Waals surface area contributed by atoms with E-state index in [-0.39, 0.29) is 36.9 Å². The summed E-state index contributed by atoms with van der Waals surface area (Å²) in [6.07, 6.45) is -4.86. The van der Waals surface area contributed by atoms with Gasteiger partial charge in [-0.2, -0.15) is 13.2 Å². The summed E-state index contributed by atoms with van der Waals surface area (Å²) in [4.78, 5) is 26.1. The second-order valence-corrected chi connectivity index (χ2v) is 7.15. The Hall–Kier alpha value is -3.21. The molecule has 1 heterocycles. The van der Waals surface area contributed by atoms with Crippen LogP contribution in [0.15, 0.2) is 48.5 Å². The molecule has 164 valence electrons. The molecule has 1 aliphatic heterocycles. The van der Waals surface area contributed by atoms with E-state index in [4.69, 9.17) is 12.2 Å². The molecule has 0 saturated carbocycles. The first-order valence-corrected chi connectivity index (χ1v) is 9.63. The van der Waals surface area contributed by atoms with Crippen LogP contribution in [-0.2, 0) is 4.79 Å². The SMILES string of the molecule is O=C(NC(=S)Nc1ccc(N2CCN(C(=O)C(F)(F)F)CC2)cc1)c1ccc(F)cc1. The highest BCUT2D eigenvalue weighted by Gasteiger charge is 2.43. The number of nitrogens with one attached hydrogen (secondary N) is 2. The molecule has 2 aromatic rings. The minimum atomic E-state index is -4.86. The molecule has 0 unspecified atom stereocenters. The highest BCUT2D eigenvalue weighted by molar-refractivity contribution is 7.80. The molecule has 2 amide bonds. The summed E-state index contributed by atoms with van der Waals surface area (Å²) in [5, 5.41) is 5.40. The van der Waals surface area contributed by atoms with Crippen molar-refractivity contribution in [3.05, 3.63) is 59.9 Å². The predicted octanol–water partition coefficient (Wildman–Crippen LogP) is 3.16. The van der Waals surface area contributed by atoms with Crippen molar-refractivity contribution in [3.63, 3.8) is 0 Å². The molecule has 0 bridgehead atoms. The molecule has 6 nitrogen and oxygen atoms in total. The molecule has 0 atom stereocenters. The monoisotopic (exact) mass is 454 g/mol. The van der Waals surface area contributed by atoms with E-state index in [0.29, 0.717) is 5.69 Å². The predicted molar refractivity (Wildman–Crippen MR) is 111 cm³/mol. The Kier molecular flexibility index (Phi) is 6.74. The van der Waals surface area contributed by atoms with Crippen LogP contribution < -0.4 is 15.5 Å². The van der Waals surface area contributed by atoms with Crippen molar-refractivity contribution in [2.75, 3.05) is 36.4 Å². The molecule has 0 aromatic heterocycles. The van der Waals surface area contributed by atoms with Crippen LogP contribution in [0.1, 0.15) is 10.4 Å². The molecule has 3 rings (SSSR count). The Bertz CT molecular complexity index is 957. The van der Waals surface area contributed by atoms with E-state index < -0.39 is 23.8 Å². The lowest BCUT2D eigenvalue weighted by molar-refractivity contribution is -0.185. The van der Waals surface area contributed by atoms with Gasteiger partial charge in [-0.05, 0) is 60.7 Å². The van der Waals surface area contributed by atoms with Gasteiger partial charge in [-0.1, -0.05) is 0 Å². The zero-order valence-electron chi connectivity index (χ0n) is 16.1. The van der Waals surface area contributed by atoms with Gasteiger partial charge in [0.25, 0.3) is 5.91 Å². The molecular weight excluding hydrogens is 436 g/mol. The van der Waals surface area contributed by atoms with Gasteiger partial charge in [0.1, 0.15) is 5.82 Å². The van der Waals surface area contributed by atoms with Crippen molar-refractivity contribution >= 4 is 40.5 Å². The van der Waals surface area contributed by atoms with Crippen molar-refractivity contribution in [3.8, 4) is 0 Å². The number of hydrogen-bond acceptors (Lipinski definition) is 4.